The molecule has 2 N–H and O–H groups in total. The van der Waals surface area contributed by atoms with Gasteiger partial charge in [0, 0.05) is 11.3 Å². The Morgan fingerprint density at radius 2 is 2.50 bits per heavy atom. The summed E-state index contributed by atoms with van der Waals surface area (Å²) in [6, 6.07) is 0.638. The third-order valence-electron chi connectivity index (χ3n) is 2.79. The maximum absolute atomic E-state index is 10.6. The van der Waals surface area contributed by atoms with E-state index in [0.29, 0.717) is 17.3 Å². The van der Waals surface area contributed by atoms with Crippen molar-refractivity contribution in [2.75, 3.05) is 11.6 Å². The van der Waals surface area contributed by atoms with Crippen LogP contribution in [0.25, 0.3) is 0 Å². The Balaban J connectivity index is 2.00. The minimum Gasteiger partial charge on any atom is -0.476 e. The second-order valence-corrected chi connectivity index (χ2v) is 4.88. The summed E-state index contributed by atoms with van der Waals surface area (Å²) in [6.07, 6.45) is 6.70. The van der Waals surface area contributed by atoms with Crippen LogP contribution in [0.5, 0.6) is 0 Å². The average molecular weight is 242 g/mol. The lowest BCUT2D eigenvalue weighted by molar-refractivity contribution is 0.0690. The maximum Gasteiger partial charge on any atom is 0.357 e. The zero-order chi connectivity index (χ0) is 11.5. The molecule has 0 amide bonds. The molecule has 1 fully saturated rings. The molecule has 0 radical (unpaired) electrons. The third-order valence-corrected chi connectivity index (χ3v) is 3.96. The molecule has 1 aromatic heterocycles. The molecule has 88 valence electrons. The molecule has 16 heavy (non-hydrogen) atoms. The van der Waals surface area contributed by atoms with Gasteiger partial charge in [-0.15, -0.1) is 0 Å². The van der Waals surface area contributed by atoms with Crippen molar-refractivity contribution in [2.45, 2.75) is 30.6 Å². The second-order valence-electron chi connectivity index (χ2n) is 3.80. The van der Waals surface area contributed by atoms with Crippen LogP contribution < -0.4 is 5.32 Å². The van der Waals surface area contributed by atoms with Crippen LogP contribution in [0.4, 0.5) is 6.01 Å². The summed E-state index contributed by atoms with van der Waals surface area (Å²) in [5.74, 6) is -1.07. The Hall–Kier alpha value is -1.17. The third kappa shape index (κ3) is 2.32. The van der Waals surface area contributed by atoms with Crippen molar-refractivity contribution < 1.29 is 14.3 Å². The van der Waals surface area contributed by atoms with Gasteiger partial charge >= 0.3 is 5.97 Å². The van der Waals surface area contributed by atoms with Crippen molar-refractivity contribution in [2.24, 2.45) is 0 Å². The molecule has 2 unspecified atom stereocenters. The summed E-state index contributed by atoms with van der Waals surface area (Å²) in [6.45, 7) is 0. The molecule has 0 saturated heterocycles. The van der Waals surface area contributed by atoms with Crippen molar-refractivity contribution in [1.82, 2.24) is 4.98 Å². The molecule has 0 bridgehead atoms. The van der Waals surface area contributed by atoms with E-state index in [9.17, 15) is 4.79 Å². The van der Waals surface area contributed by atoms with E-state index in [1.54, 1.807) is 0 Å². The SMILES string of the molecule is CSC1CCCC1Nc1nc(C(=O)O)co1. The van der Waals surface area contributed by atoms with Gasteiger partial charge in [-0.2, -0.15) is 16.7 Å². The fourth-order valence-electron chi connectivity index (χ4n) is 1.97. The lowest BCUT2D eigenvalue weighted by atomic mass is 10.2. The van der Waals surface area contributed by atoms with Crippen LogP contribution in [0.2, 0.25) is 0 Å². The average Bonchev–Trinajstić information content (AvgIpc) is 2.87. The molecular formula is C10H14N2O3S. The van der Waals surface area contributed by atoms with Crippen molar-refractivity contribution >= 4 is 23.7 Å². The first-order valence-corrected chi connectivity index (χ1v) is 6.47. The minimum absolute atomic E-state index is 0.0544. The number of rotatable bonds is 4. The van der Waals surface area contributed by atoms with Crippen LogP contribution in [-0.2, 0) is 0 Å². The Kier molecular flexibility index (Phi) is 3.38. The van der Waals surface area contributed by atoms with Crippen LogP contribution in [-0.4, -0.2) is 33.6 Å². The first kappa shape index (κ1) is 11.3. The largest absolute Gasteiger partial charge is 0.476 e. The highest BCUT2D eigenvalue weighted by molar-refractivity contribution is 7.99. The Morgan fingerprint density at radius 1 is 1.69 bits per heavy atom. The molecule has 1 heterocycles. The summed E-state index contributed by atoms with van der Waals surface area (Å²) in [4.78, 5) is 14.5. The Morgan fingerprint density at radius 3 is 3.12 bits per heavy atom. The molecule has 2 atom stereocenters. The highest BCUT2D eigenvalue weighted by Crippen LogP contribution is 2.30. The lowest BCUT2D eigenvalue weighted by Gasteiger charge is -2.17. The quantitative estimate of drug-likeness (QED) is 0.841. The number of aromatic carboxylic acids is 1. The standard InChI is InChI=1S/C10H14N2O3S/c1-16-8-4-2-3-6(8)11-10-12-7(5-15-10)9(13)14/h5-6,8H,2-4H2,1H3,(H,11,12)(H,13,14). The van der Waals surface area contributed by atoms with Gasteiger partial charge in [-0.25, -0.2) is 4.79 Å². The number of aromatic nitrogens is 1. The van der Waals surface area contributed by atoms with Crippen molar-refractivity contribution in [3.05, 3.63) is 12.0 Å². The van der Waals surface area contributed by atoms with Gasteiger partial charge in [0.2, 0.25) is 0 Å². The van der Waals surface area contributed by atoms with Crippen LogP contribution in [0.1, 0.15) is 29.8 Å². The van der Waals surface area contributed by atoms with Gasteiger partial charge in [-0.3, -0.25) is 0 Å². The smallest absolute Gasteiger partial charge is 0.357 e. The molecule has 5 nitrogen and oxygen atoms in total. The number of thioether (sulfide) groups is 1. The monoisotopic (exact) mass is 242 g/mol. The van der Waals surface area contributed by atoms with E-state index in [4.69, 9.17) is 9.52 Å². The van der Waals surface area contributed by atoms with Crippen molar-refractivity contribution in [3.63, 3.8) is 0 Å². The number of carbonyl (C=O) groups is 1. The van der Waals surface area contributed by atoms with Gasteiger partial charge in [-0.1, -0.05) is 6.42 Å². The zero-order valence-electron chi connectivity index (χ0n) is 8.97. The second kappa shape index (κ2) is 4.78. The molecule has 0 aliphatic heterocycles. The van der Waals surface area contributed by atoms with Gasteiger partial charge in [0.15, 0.2) is 5.69 Å². The van der Waals surface area contributed by atoms with E-state index in [0.717, 1.165) is 12.7 Å². The molecule has 0 spiro atoms. The molecule has 1 aliphatic rings. The number of oxazole rings is 1. The summed E-state index contributed by atoms with van der Waals surface area (Å²) in [7, 11) is 0. The molecule has 1 saturated carbocycles. The summed E-state index contributed by atoms with van der Waals surface area (Å²) < 4.78 is 5.07. The van der Waals surface area contributed by atoms with Gasteiger partial charge in [0.05, 0.1) is 0 Å². The number of hydrogen-bond acceptors (Lipinski definition) is 5. The molecular weight excluding hydrogens is 228 g/mol. The lowest BCUT2D eigenvalue weighted by Crippen LogP contribution is -2.25. The van der Waals surface area contributed by atoms with E-state index in [1.165, 1.54) is 12.8 Å². The van der Waals surface area contributed by atoms with Gasteiger partial charge in [-0.05, 0) is 19.1 Å². The van der Waals surface area contributed by atoms with Crippen LogP contribution in [0.15, 0.2) is 10.7 Å². The molecule has 1 aromatic rings. The fourth-order valence-corrected chi connectivity index (χ4v) is 2.91. The first-order chi connectivity index (χ1) is 7.70. The van der Waals surface area contributed by atoms with Crippen LogP contribution in [0, 0.1) is 0 Å². The summed E-state index contributed by atoms with van der Waals surface area (Å²) in [5, 5.41) is 12.4. The summed E-state index contributed by atoms with van der Waals surface area (Å²) >= 11 is 1.82. The van der Waals surface area contributed by atoms with E-state index < -0.39 is 5.97 Å². The van der Waals surface area contributed by atoms with Gasteiger partial charge < -0.3 is 14.8 Å². The molecule has 2 rings (SSSR count). The number of anilines is 1. The highest BCUT2D eigenvalue weighted by atomic mass is 32.2. The first-order valence-electron chi connectivity index (χ1n) is 5.19. The van der Waals surface area contributed by atoms with Gasteiger partial charge in [0.1, 0.15) is 6.26 Å². The maximum atomic E-state index is 10.6. The predicted molar refractivity (Wildman–Crippen MR) is 62.0 cm³/mol. The number of carboxylic acid groups (broad SMARTS) is 1. The number of carboxylic acids is 1. The zero-order valence-corrected chi connectivity index (χ0v) is 9.79. The van der Waals surface area contributed by atoms with E-state index >= 15 is 0 Å². The van der Waals surface area contributed by atoms with E-state index in [2.05, 4.69) is 16.6 Å². The van der Waals surface area contributed by atoms with Crippen LogP contribution >= 0.6 is 11.8 Å². The Labute approximate surface area is 97.6 Å². The minimum atomic E-state index is -1.07. The molecule has 0 aromatic carbocycles. The number of nitrogens with zero attached hydrogens (tertiary/aromatic N) is 1. The Bertz CT molecular complexity index is 380. The number of hydrogen-bond donors (Lipinski definition) is 2. The summed E-state index contributed by atoms with van der Waals surface area (Å²) in [5.41, 5.74) is -0.0544. The van der Waals surface area contributed by atoms with Crippen molar-refractivity contribution in [1.29, 1.82) is 0 Å². The normalized spacial score (nSPS) is 24.6. The predicted octanol–water partition coefficient (Wildman–Crippen LogP) is 2.07. The molecule has 6 heteroatoms. The van der Waals surface area contributed by atoms with E-state index in [1.807, 2.05) is 11.8 Å². The van der Waals surface area contributed by atoms with Crippen molar-refractivity contribution in [3.8, 4) is 0 Å². The van der Waals surface area contributed by atoms with Gasteiger partial charge in [0.25, 0.3) is 6.01 Å². The molecule has 1 aliphatic carbocycles. The number of nitrogens with one attached hydrogen (secondary N) is 1. The van der Waals surface area contributed by atoms with E-state index in [-0.39, 0.29) is 5.69 Å². The topological polar surface area (TPSA) is 75.4 Å². The highest BCUT2D eigenvalue weighted by Gasteiger charge is 2.27. The fraction of sp³-hybridized carbons (Fsp3) is 0.600. The van der Waals surface area contributed by atoms with Crippen LogP contribution in [0.3, 0.4) is 0 Å².